The normalized spacial score (nSPS) is 11.2. The first-order chi connectivity index (χ1) is 11.1. The average Bonchev–Trinajstić information content (AvgIpc) is 2.97. The van der Waals surface area contributed by atoms with Crippen LogP contribution in [0.1, 0.15) is 0 Å². The van der Waals surface area contributed by atoms with Crippen LogP contribution in [0.15, 0.2) is 62.2 Å². The SMILES string of the molecule is CN(C)c1ccc2cc(-c3nc4ccccc4o3)c(=O)oc2c1. The molecule has 0 fully saturated rings. The van der Waals surface area contributed by atoms with Crippen molar-refractivity contribution in [2.75, 3.05) is 19.0 Å². The minimum Gasteiger partial charge on any atom is -0.436 e. The molecule has 23 heavy (non-hydrogen) atoms. The second-order valence-electron chi connectivity index (χ2n) is 5.55. The van der Waals surface area contributed by atoms with Gasteiger partial charge in [-0.05, 0) is 30.3 Å². The van der Waals surface area contributed by atoms with E-state index in [1.54, 1.807) is 6.07 Å². The van der Waals surface area contributed by atoms with E-state index in [-0.39, 0.29) is 5.89 Å². The van der Waals surface area contributed by atoms with Crippen molar-refractivity contribution < 1.29 is 8.83 Å². The van der Waals surface area contributed by atoms with Gasteiger partial charge in [-0.25, -0.2) is 9.78 Å². The largest absolute Gasteiger partial charge is 0.436 e. The number of hydrogen-bond donors (Lipinski definition) is 0. The third-order valence-corrected chi connectivity index (χ3v) is 3.76. The molecule has 4 rings (SSSR count). The smallest absolute Gasteiger partial charge is 0.349 e. The van der Waals surface area contributed by atoms with Gasteiger partial charge in [0.1, 0.15) is 16.7 Å². The monoisotopic (exact) mass is 306 g/mol. The zero-order valence-corrected chi connectivity index (χ0v) is 12.7. The maximum Gasteiger partial charge on any atom is 0.349 e. The molecule has 0 atom stereocenters. The van der Waals surface area contributed by atoms with Gasteiger partial charge in [0.15, 0.2) is 5.58 Å². The maximum absolute atomic E-state index is 12.3. The second-order valence-corrected chi connectivity index (χ2v) is 5.55. The molecule has 0 aliphatic carbocycles. The highest BCUT2D eigenvalue weighted by Crippen LogP contribution is 2.26. The van der Waals surface area contributed by atoms with Crippen molar-refractivity contribution in [1.82, 2.24) is 4.98 Å². The molecular weight excluding hydrogens is 292 g/mol. The zero-order chi connectivity index (χ0) is 16.0. The summed E-state index contributed by atoms with van der Waals surface area (Å²) in [4.78, 5) is 18.6. The van der Waals surface area contributed by atoms with Crippen LogP contribution in [0.4, 0.5) is 5.69 Å². The Bertz CT molecular complexity index is 1040. The minimum atomic E-state index is -0.458. The number of rotatable bonds is 2. The summed E-state index contributed by atoms with van der Waals surface area (Å²) in [6.45, 7) is 0. The van der Waals surface area contributed by atoms with E-state index in [2.05, 4.69) is 4.98 Å². The molecular formula is C18H14N2O3. The van der Waals surface area contributed by atoms with Crippen LogP contribution in [0.25, 0.3) is 33.5 Å². The average molecular weight is 306 g/mol. The number of para-hydroxylation sites is 2. The van der Waals surface area contributed by atoms with Gasteiger partial charge in [0.25, 0.3) is 0 Å². The van der Waals surface area contributed by atoms with Crippen LogP contribution in [-0.2, 0) is 0 Å². The molecule has 2 aromatic heterocycles. The summed E-state index contributed by atoms with van der Waals surface area (Å²) in [6, 6.07) is 14.9. The zero-order valence-electron chi connectivity index (χ0n) is 12.7. The van der Waals surface area contributed by atoms with Gasteiger partial charge in [-0.1, -0.05) is 12.1 Å². The Hall–Kier alpha value is -3.08. The van der Waals surface area contributed by atoms with Gasteiger partial charge in [0.05, 0.1) is 0 Å². The van der Waals surface area contributed by atoms with E-state index in [1.165, 1.54) is 0 Å². The fraction of sp³-hybridized carbons (Fsp3) is 0.111. The standard InChI is InChI=1S/C18H14N2O3/c1-20(2)12-8-7-11-9-13(18(21)23-16(11)10-12)17-19-14-5-3-4-6-15(14)22-17/h3-10H,1-2H3. The third-order valence-electron chi connectivity index (χ3n) is 3.76. The lowest BCUT2D eigenvalue weighted by molar-refractivity contribution is 0.553. The van der Waals surface area contributed by atoms with Gasteiger partial charge in [0, 0.05) is 31.2 Å². The van der Waals surface area contributed by atoms with E-state index in [0.717, 1.165) is 11.1 Å². The van der Waals surface area contributed by atoms with E-state index in [9.17, 15) is 4.79 Å². The topological polar surface area (TPSA) is 59.5 Å². The fourth-order valence-corrected chi connectivity index (χ4v) is 2.51. The Labute approximate surface area is 131 Å². The Morgan fingerprint density at radius 1 is 0.957 bits per heavy atom. The molecule has 0 saturated carbocycles. The van der Waals surface area contributed by atoms with Crippen molar-refractivity contribution in [2.24, 2.45) is 0 Å². The number of aromatic nitrogens is 1. The summed E-state index contributed by atoms with van der Waals surface area (Å²) in [5.74, 6) is 0.276. The molecule has 4 aromatic rings. The molecule has 0 aliphatic heterocycles. The predicted octanol–water partition coefficient (Wildman–Crippen LogP) is 3.67. The lowest BCUT2D eigenvalue weighted by atomic mass is 10.1. The van der Waals surface area contributed by atoms with Gasteiger partial charge in [-0.2, -0.15) is 0 Å². The molecule has 0 bridgehead atoms. The number of anilines is 1. The Balaban J connectivity index is 1.91. The van der Waals surface area contributed by atoms with Crippen molar-refractivity contribution in [3.8, 4) is 11.5 Å². The van der Waals surface area contributed by atoms with Crippen LogP contribution in [0.3, 0.4) is 0 Å². The van der Waals surface area contributed by atoms with Crippen LogP contribution in [-0.4, -0.2) is 19.1 Å². The summed E-state index contributed by atoms with van der Waals surface area (Å²) in [5.41, 5.74) is 2.73. The van der Waals surface area contributed by atoms with Gasteiger partial charge in [0.2, 0.25) is 5.89 Å². The Morgan fingerprint density at radius 2 is 1.78 bits per heavy atom. The molecule has 0 unspecified atom stereocenters. The number of benzene rings is 2. The first-order valence-corrected chi connectivity index (χ1v) is 7.23. The number of nitrogens with zero attached hydrogens (tertiary/aromatic N) is 2. The van der Waals surface area contributed by atoms with Crippen molar-refractivity contribution in [2.45, 2.75) is 0 Å². The van der Waals surface area contributed by atoms with Gasteiger partial charge < -0.3 is 13.7 Å². The van der Waals surface area contributed by atoms with Crippen molar-refractivity contribution in [3.05, 3.63) is 59.0 Å². The molecule has 0 saturated heterocycles. The number of fused-ring (bicyclic) bond motifs is 2. The van der Waals surface area contributed by atoms with E-state index in [0.29, 0.717) is 22.2 Å². The molecule has 0 spiro atoms. The molecule has 2 aromatic carbocycles. The molecule has 0 N–H and O–H groups in total. The molecule has 0 amide bonds. The van der Waals surface area contributed by atoms with Crippen LogP contribution >= 0.6 is 0 Å². The summed E-state index contributed by atoms with van der Waals surface area (Å²) in [7, 11) is 3.87. The molecule has 5 nitrogen and oxygen atoms in total. The van der Waals surface area contributed by atoms with E-state index in [4.69, 9.17) is 8.83 Å². The summed E-state index contributed by atoms with van der Waals surface area (Å²) in [6.07, 6.45) is 0. The number of hydrogen-bond acceptors (Lipinski definition) is 5. The Morgan fingerprint density at radius 3 is 2.57 bits per heavy atom. The highest BCUT2D eigenvalue weighted by atomic mass is 16.4. The van der Waals surface area contributed by atoms with Crippen molar-refractivity contribution in [3.63, 3.8) is 0 Å². The van der Waals surface area contributed by atoms with Crippen LogP contribution in [0, 0.1) is 0 Å². The predicted molar refractivity (Wildman–Crippen MR) is 89.8 cm³/mol. The first kappa shape index (κ1) is 13.6. The van der Waals surface area contributed by atoms with Crippen molar-refractivity contribution in [1.29, 1.82) is 0 Å². The molecule has 2 heterocycles. The summed E-state index contributed by atoms with van der Waals surface area (Å²) < 4.78 is 11.1. The van der Waals surface area contributed by atoms with Crippen LogP contribution in [0.2, 0.25) is 0 Å². The van der Waals surface area contributed by atoms with E-state index in [1.807, 2.05) is 61.5 Å². The summed E-state index contributed by atoms with van der Waals surface area (Å²) in [5, 5.41) is 0.826. The second kappa shape index (κ2) is 4.98. The molecule has 114 valence electrons. The van der Waals surface area contributed by atoms with E-state index >= 15 is 0 Å². The molecule has 0 aliphatic rings. The van der Waals surface area contributed by atoms with Crippen LogP contribution < -0.4 is 10.5 Å². The molecule has 0 radical (unpaired) electrons. The van der Waals surface area contributed by atoms with Crippen molar-refractivity contribution >= 4 is 27.8 Å². The lowest BCUT2D eigenvalue weighted by Crippen LogP contribution is -2.08. The fourth-order valence-electron chi connectivity index (χ4n) is 2.51. The quantitative estimate of drug-likeness (QED) is 0.529. The number of oxazole rings is 1. The minimum absolute atomic E-state index is 0.276. The highest BCUT2D eigenvalue weighted by Gasteiger charge is 2.14. The third kappa shape index (κ3) is 2.26. The summed E-state index contributed by atoms with van der Waals surface area (Å²) >= 11 is 0. The van der Waals surface area contributed by atoms with Crippen LogP contribution in [0.5, 0.6) is 0 Å². The lowest BCUT2D eigenvalue weighted by Gasteiger charge is -2.12. The van der Waals surface area contributed by atoms with Gasteiger partial charge in [-0.3, -0.25) is 0 Å². The van der Waals surface area contributed by atoms with Gasteiger partial charge in [-0.15, -0.1) is 0 Å². The maximum atomic E-state index is 12.3. The molecule has 5 heteroatoms. The van der Waals surface area contributed by atoms with E-state index < -0.39 is 5.63 Å². The van der Waals surface area contributed by atoms with Gasteiger partial charge >= 0.3 is 5.63 Å². The Kier molecular flexibility index (Phi) is 2.94. The highest BCUT2D eigenvalue weighted by molar-refractivity contribution is 5.84. The first-order valence-electron chi connectivity index (χ1n) is 7.23.